The molecule has 2 rings (SSSR count). The first kappa shape index (κ1) is 10.3. The highest BCUT2D eigenvalue weighted by Gasteiger charge is 2.20. The molecule has 1 aromatic heterocycles. The molecule has 3 nitrogen and oxygen atoms in total. The predicted octanol–water partition coefficient (Wildman–Crippen LogP) is 1.70. The molecule has 1 saturated carbocycles. The van der Waals surface area contributed by atoms with Gasteiger partial charge in [0.2, 0.25) is 0 Å². The van der Waals surface area contributed by atoms with E-state index in [1.54, 1.807) is 0 Å². The Balaban J connectivity index is 1.97. The number of nitrogens with one attached hydrogen (secondary N) is 1. The quantitative estimate of drug-likeness (QED) is 0.809. The van der Waals surface area contributed by atoms with E-state index in [4.69, 9.17) is 5.26 Å². The van der Waals surface area contributed by atoms with E-state index in [1.807, 2.05) is 17.7 Å². The Morgan fingerprint density at radius 2 is 2.33 bits per heavy atom. The van der Waals surface area contributed by atoms with Crippen LogP contribution in [-0.4, -0.2) is 11.1 Å². The molecular weight excluding hydrogens is 186 g/mol. The third-order valence-corrected chi connectivity index (χ3v) is 3.20. The summed E-state index contributed by atoms with van der Waals surface area (Å²) < 4.78 is 1.95. The van der Waals surface area contributed by atoms with Crippen LogP contribution in [0.5, 0.6) is 0 Å². The fourth-order valence-corrected chi connectivity index (χ4v) is 1.78. The van der Waals surface area contributed by atoms with Crippen LogP contribution >= 0.6 is 0 Å². The highest BCUT2D eigenvalue weighted by Crippen LogP contribution is 2.27. The summed E-state index contributed by atoms with van der Waals surface area (Å²) in [6.07, 6.45) is 2.76. The topological polar surface area (TPSA) is 40.8 Å². The number of nitrogens with zero attached hydrogens (tertiary/aromatic N) is 2. The summed E-state index contributed by atoms with van der Waals surface area (Å²) in [6, 6.07) is 4.18. The number of aromatic nitrogens is 1. The number of hydrogen-bond donors (Lipinski definition) is 1. The van der Waals surface area contributed by atoms with Crippen LogP contribution in [0.2, 0.25) is 0 Å². The van der Waals surface area contributed by atoms with Crippen LogP contribution in [0.1, 0.15) is 29.8 Å². The molecule has 1 aliphatic carbocycles. The Hall–Kier alpha value is -1.27. The molecule has 0 unspecified atom stereocenters. The van der Waals surface area contributed by atoms with Crippen LogP contribution < -0.4 is 5.32 Å². The van der Waals surface area contributed by atoms with E-state index < -0.39 is 0 Å². The summed E-state index contributed by atoms with van der Waals surface area (Å²) in [5.41, 5.74) is 3.18. The van der Waals surface area contributed by atoms with Crippen molar-refractivity contribution >= 4 is 0 Å². The number of rotatable bonds is 4. The Morgan fingerprint density at radius 1 is 1.60 bits per heavy atom. The van der Waals surface area contributed by atoms with Crippen molar-refractivity contribution in [2.75, 3.05) is 6.54 Å². The van der Waals surface area contributed by atoms with Gasteiger partial charge in [-0.25, -0.2) is 0 Å². The molecule has 0 spiro atoms. The molecule has 0 radical (unpaired) electrons. The Labute approximate surface area is 90.7 Å². The van der Waals surface area contributed by atoms with Gasteiger partial charge in [0.25, 0.3) is 0 Å². The van der Waals surface area contributed by atoms with Gasteiger partial charge in [-0.1, -0.05) is 0 Å². The molecule has 1 aromatic rings. The van der Waals surface area contributed by atoms with Crippen LogP contribution in [0.25, 0.3) is 0 Å². The minimum absolute atomic E-state index is 0.746. The predicted molar refractivity (Wildman–Crippen MR) is 59.3 cm³/mol. The average molecular weight is 203 g/mol. The summed E-state index contributed by atoms with van der Waals surface area (Å²) in [7, 11) is 1.94. The zero-order chi connectivity index (χ0) is 10.8. The van der Waals surface area contributed by atoms with E-state index >= 15 is 0 Å². The average Bonchev–Trinajstić information content (AvgIpc) is 3.00. The van der Waals surface area contributed by atoms with Crippen LogP contribution in [-0.2, 0) is 13.6 Å². The molecule has 0 amide bonds. The second kappa shape index (κ2) is 4.08. The van der Waals surface area contributed by atoms with Crippen molar-refractivity contribution in [3.8, 4) is 6.07 Å². The second-order valence-electron chi connectivity index (χ2n) is 4.39. The normalized spacial score (nSPS) is 15.3. The Kier molecular flexibility index (Phi) is 2.79. The number of nitriles is 1. The first-order valence-corrected chi connectivity index (χ1v) is 5.48. The summed E-state index contributed by atoms with van der Waals surface area (Å²) in [5, 5.41) is 12.3. The van der Waals surface area contributed by atoms with E-state index in [2.05, 4.69) is 18.3 Å². The fraction of sp³-hybridized carbons (Fsp3) is 0.583. The highest BCUT2D eigenvalue weighted by molar-refractivity contribution is 5.33. The van der Waals surface area contributed by atoms with Gasteiger partial charge in [-0.2, -0.15) is 5.26 Å². The van der Waals surface area contributed by atoms with E-state index in [0.717, 1.165) is 24.7 Å². The maximum Gasteiger partial charge on any atom is 0.120 e. The van der Waals surface area contributed by atoms with E-state index in [-0.39, 0.29) is 0 Å². The molecule has 0 bridgehead atoms. The maximum atomic E-state index is 8.89. The molecule has 0 saturated heterocycles. The zero-order valence-electron chi connectivity index (χ0n) is 9.38. The van der Waals surface area contributed by atoms with Gasteiger partial charge in [-0.15, -0.1) is 0 Å². The van der Waals surface area contributed by atoms with Crippen molar-refractivity contribution in [2.24, 2.45) is 13.0 Å². The molecule has 1 aliphatic rings. The molecule has 3 heteroatoms. The summed E-state index contributed by atoms with van der Waals surface area (Å²) in [4.78, 5) is 0. The SMILES string of the molecule is Cc1c(CNCC2CC2)cc(C#N)n1C. The van der Waals surface area contributed by atoms with Crippen LogP contribution in [0, 0.1) is 24.2 Å². The largest absolute Gasteiger partial charge is 0.340 e. The molecular formula is C12H17N3. The van der Waals surface area contributed by atoms with E-state index in [1.165, 1.54) is 24.1 Å². The summed E-state index contributed by atoms with van der Waals surface area (Å²) >= 11 is 0. The van der Waals surface area contributed by atoms with Crippen molar-refractivity contribution in [1.29, 1.82) is 5.26 Å². The molecule has 80 valence electrons. The molecule has 15 heavy (non-hydrogen) atoms. The van der Waals surface area contributed by atoms with Crippen LogP contribution in [0.4, 0.5) is 0 Å². The molecule has 1 heterocycles. The van der Waals surface area contributed by atoms with Gasteiger partial charge in [0.1, 0.15) is 11.8 Å². The van der Waals surface area contributed by atoms with E-state index in [9.17, 15) is 0 Å². The number of hydrogen-bond acceptors (Lipinski definition) is 2. The van der Waals surface area contributed by atoms with Crippen molar-refractivity contribution in [1.82, 2.24) is 9.88 Å². The van der Waals surface area contributed by atoms with Crippen LogP contribution in [0.3, 0.4) is 0 Å². The first-order valence-electron chi connectivity index (χ1n) is 5.48. The Morgan fingerprint density at radius 3 is 2.87 bits per heavy atom. The van der Waals surface area contributed by atoms with Gasteiger partial charge in [0.15, 0.2) is 0 Å². The zero-order valence-corrected chi connectivity index (χ0v) is 9.38. The highest BCUT2D eigenvalue weighted by atomic mass is 15.0. The van der Waals surface area contributed by atoms with Gasteiger partial charge >= 0.3 is 0 Å². The van der Waals surface area contributed by atoms with E-state index in [0.29, 0.717) is 0 Å². The lowest BCUT2D eigenvalue weighted by molar-refractivity contribution is 0.635. The molecule has 1 fully saturated rings. The van der Waals surface area contributed by atoms with Gasteiger partial charge < -0.3 is 9.88 Å². The van der Waals surface area contributed by atoms with Crippen molar-refractivity contribution in [2.45, 2.75) is 26.3 Å². The van der Waals surface area contributed by atoms with Crippen molar-refractivity contribution < 1.29 is 0 Å². The molecule has 0 atom stereocenters. The second-order valence-corrected chi connectivity index (χ2v) is 4.39. The minimum Gasteiger partial charge on any atom is -0.340 e. The van der Waals surface area contributed by atoms with Gasteiger partial charge in [-0.05, 0) is 43.9 Å². The fourth-order valence-electron chi connectivity index (χ4n) is 1.78. The van der Waals surface area contributed by atoms with Gasteiger partial charge in [-0.3, -0.25) is 0 Å². The van der Waals surface area contributed by atoms with Crippen molar-refractivity contribution in [3.63, 3.8) is 0 Å². The van der Waals surface area contributed by atoms with Gasteiger partial charge in [0.05, 0.1) is 0 Å². The van der Waals surface area contributed by atoms with Crippen LogP contribution in [0.15, 0.2) is 6.07 Å². The third kappa shape index (κ3) is 2.21. The first-order chi connectivity index (χ1) is 7.22. The molecule has 0 aliphatic heterocycles. The summed E-state index contributed by atoms with van der Waals surface area (Å²) in [6.45, 7) is 4.07. The third-order valence-electron chi connectivity index (χ3n) is 3.20. The smallest absolute Gasteiger partial charge is 0.120 e. The lowest BCUT2D eigenvalue weighted by Crippen LogP contribution is -2.16. The maximum absolute atomic E-state index is 8.89. The van der Waals surface area contributed by atoms with Gasteiger partial charge in [0, 0.05) is 19.3 Å². The molecule has 0 aromatic carbocycles. The lowest BCUT2D eigenvalue weighted by Gasteiger charge is -2.03. The minimum atomic E-state index is 0.746. The summed E-state index contributed by atoms with van der Waals surface area (Å²) in [5.74, 6) is 0.907. The molecule has 1 N–H and O–H groups in total. The monoisotopic (exact) mass is 203 g/mol. The standard InChI is InChI=1S/C12H17N3/c1-9-11(5-12(6-13)15(9)2)8-14-7-10-3-4-10/h5,10,14H,3-4,7-8H2,1-2H3. The lowest BCUT2D eigenvalue weighted by atomic mass is 10.2. The van der Waals surface area contributed by atoms with Crippen molar-refractivity contribution in [3.05, 3.63) is 23.0 Å². The Bertz CT molecular complexity index is 394.